The largest absolute Gasteiger partial charge is 0.392 e. The molecular weight excluding hydrogens is 282 g/mol. The summed E-state index contributed by atoms with van der Waals surface area (Å²) in [5, 5.41) is 22.1. The molecule has 0 spiro atoms. The summed E-state index contributed by atoms with van der Waals surface area (Å²) in [6.45, 7) is 1.61. The molecule has 3 N–H and O–H groups in total. The van der Waals surface area contributed by atoms with Crippen LogP contribution in [0.25, 0.3) is 0 Å². The standard InChI is InChI=1S/C11H15N5O3S/c1-2-9-4-3-8(7-17)5-10(9)20(18,19)12-6-11-13-15-16-14-11/h3-5,12,17H,2,6-7H2,1H3,(H,13,14,15,16). The number of benzene rings is 1. The van der Waals surface area contributed by atoms with E-state index in [2.05, 4.69) is 25.3 Å². The van der Waals surface area contributed by atoms with Gasteiger partial charge in [0.2, 0.25) is 10.0 Å². The third-order valence-corrected chi connectivity index (χ3v) is 4.28. The number of tetrazole rings is 1. The SMILES string of the molecule is CCc1ccc(CO)cc1S(=O)(=O)NCc1nn[nH]n1. The molecule has 0 atom stereocenters. The molecule has 1 heterocycles. The summed E-state index contributed by atoms with van der Waals surface area (Å²) in [6, 6.07) is 4.88. The van der Waals surface area contributed by atoms with Crippen LogP contribution in [0.4, 0.5) is 0 Å². The first kappa shape index (κ1) is 14.6. The summed E-state index contributed by atoms with van der Waals surface area (Å²) in [7, 11) is -3.69. The molecule has 0 aliphatic rings. The topological polar surface area (TPSA) is 121 Å². The number of hydrogen-bond donors (Lipinski definition) is 3. The lowest BCUT2D eigenvalue weighted by Crippen LogP contribution is -2.25. The zero-order chi connectivity index (χ0) is 14.6. The van der Waals surface area contributed by atoms with Gasteiger partial charge in [0.15, 0.2) is 5.82 Å². The first-order valence-electron chi connectivity index (χ1n) is 6.01. The van der Waals surface area contributed by atoms with Crippen LogP contribution in [0.1, 0.15) is 23.9 Å². The Balaban J connectivity index is 2.28. The second-order valence-electron chi connectivity index (χ2n) is 4.11. The molecular formula is C11H15N5O3S. The van der Waals surface area contributed by atoms with Crippen molar-refractivity contribution < 1.29 is 13.5 Å². The van der Waals surface area contributed by atoms with E-state index in [1.807, 2.05) is 6.92 Å². The molecule has 0 saturated carbocycles. The molecule has 0 bridgehead atoms. The van der Waals surface area contributed by atoms with Crippen molar-refractivity contribution in [3.8, 4) is 0 Å². The fourth-order valence-corrected chi connectivity index (χ4v) is 3.07. The second-order valence-corrected chi connectivity index (χ2v) is 5.84. The van der Waals surface area contributed by atoms with Crippen LogP contribution in [0, 0.1) is 0 Å². The Labute approximate surface area is 116 Å². The van der Waals surface area contributed by atoms with Gasteiger partial charge in [0.25, 0.3) is 0 Å². The summed E-state index contributed by atoms with van der Waals surface area (Å²) < 4.78 is 27.0. The molecule has 1 aromatic carbocycles. The molecule has 2 rings (SSSR count). The molecule has 20 heavy (non-hydrogen) atoms. The van der Waals surface area contributed by atoms with E-state index >= 15 is 0 Å². The van der Waals surface area contributed by atoms with Gasteiger partial charge in [-0.05, 0) is 23.6 Å². The highest BCUT2D eigenvalue weighted by atomic mass is 32.2. The number of hydrogen-bond acceptors (Lipinski definition) is 6. The number of rotatable bonds is 6. The molecule has 0 radical (unpaired) electrons. The highest BCUT2D eigenvalue weighted by molar-refractivity contribution is 7.89. The zero-order valence-corrected chi connectivity index (χ0v) is 11.7. The molecule has 0 unspecified atom stereocenters. The average molecular weight is 297 g/mol. The summed E-state index contributed by atoms with van der Waals surface area (Å²) in [5.41, 5.74) is 1.23. The van der Waals surface area contributed by atoms with E-state index in [1.54, 1.807) is 12.1 Å². The molecule has 0 aliphatic carbocycles. The van der Waals surface area contributed by atoms with Crippen LogP contribution < -0.4 is 4.72 Å². The highest BCUT2D eigenvalue weighted by Gasteiger charge is 2.19. The number of nitrogens with zero attached hydrogens (tertiary/aromatic N) is 3. The van der Waals surface area contributed by atoms with Crippen molar-refractivity contribution in [2.24, 2.45) is 0 Å². The first-order valence-corrected chi connectivity index (χ1v) is 7.49. The Hall–Kier alpha value is -1.84. The number of nitrogens with one attached hydrogen (secondary N) is 2. The van der Waals surface area contributed by atoms with Gasteiger partial charge in [-0.1, -0.05) is 24.3 Å². The van der Waals surface area contributed by atoms with Crippen LogP contribution in [0.5, 0.6) is 0 Å². The van der Waals surface area contributed by atoms with Crippen LogP contribution >= 0.6 is 0 Å². The Morgan fingerprint density at radius 3 is 2.80 bits per heavy atom. The molecule has 2 aromatic rings. The van der Waals surface area contributed by atoms with E-state index in [9.17, 15) is 8.42 Å². The van der Waals surface area contributed by atoms with Gasteiger partial charge in [-0.25, -0.2) is 13.1 Å². The zero-order valence-electron chi connectivity index (χ0n) is 10.9. The van der Waals surface area contributed by atoms with Crippen molar-refractivity contribution in [1.29, 1.82) is 0 Å². The number of aryl methyl sites for hydroxylation is 1. The minimum atomic E-state index is -3.69. The van der Waals surface area contributed by atoms with Crippen molar-refractivity contribution in [3.63, 3.8) is 0 Å². The lowest BCUT2D eigenvalue weighted by atomic mass is 10.1. The predicted octanol–water partition coefficient (Wildman–Crippen LogP) is -0.267. The van der Waals surface area contributed by atoms with E-state index in [1.165, 1.54) is 6.07 Å². The van der Waals surface area contributed by atoms with Crippen molar-refractivity contribution in [2.75, 3.05) is 0 Å². The van der Waals surface area contributed by atoms with Gasteiger partial charge in [-0.15, -0.1) is 10.2 Å². The monoisotopic (exact) mass is 297 g/mol. The summed E-state index contributed by atoms with van der Waals surface area (Å²) in [6.07, 6.45) is 0.574. The predicted molar refractivity (Wildman–Crippen MR) is 69.9 cm³/mol. The van der Waals surface area contributed by atoms with Gasteiger partial charge in [0.1, 0.15) is 0 Å². The molecule has 108 valence electrons. The Bertz CT molecular complexity index is 669. The lowest BCUT2D eigenvalue weighted by molar-refractivity contribution is 0.281. The van der Waals surface area contributed by atoms with Crippen LogP contribution in [0.15, 0.2) is 23.1 Å². The van der Waals surface area contributed by atoms with Gasteiger partial charge in [-0.2, -0.15) is 5.21 Å². The average Bonchev–Trinajstić information content (AvgIpc) is 2.98. The molecule has 0 amide bonds. The maximum atomic E-state index is 12.3. The normalized spacial score (nSPS) is 11.7. The quantitative estimate of drug-likeness (QED) is 0.675. The molecule has 0 saturated heterocycles. The number of sulfonamides is 1. The minimum absolute atomic E-state index is 0.0503. The highest BCUT2D eigenvalue weighted by Crippen LogP contribution is 2.18. The molecule has 0 aliphatic heterocycles. The minimum Gasteiger partial charge on any atom is -0.392 e. The Morgan fingerprint density at radius 1 is 1.40 bits per heavy atom. The fraction of sp³-hybridized carbons (Fsp3) is 0.364. The van der Waals surface area contributed by atoms with Gasteiger partial charge >= 0.3 is 0 Å². The van der Waals surface area contributed by atoms with Gasteiger partial charge in [0, 0.05) is 0 Å². The molecule has 0 fully saturated rings. The van der Waals surface area contributed by atoms with E-state index in [0.29, 0.717) is 17.5 Å². The lowest BCUT2D eigenvalue weighted by Gasteiger charge is -2.11. The van der Waals surface area contributed by atoms with E-state index < -0.39 is 10.0 Å². The van der Waals surface area contributed by atoms with E-state index in [-0.39, 0.29) is 23.9 Å². The first-order chi connectivity index (χ1) is 9.56. The Kier molecular flexibility index (Phi) is 4.42. The van der Waals surface area contributed by atoms with Crippen molar-refractivity contribution >= 4 is 10.0 Å². The van der Waals surface area contributed by atoms with Crippen LogP contribution in [-0.4, -0.2) is 34.1 Å². The number of aromatic amines is 1. The Morgan fingerprint density at radius 2 is 2.20 bits per heavy atom. The van der Waals surface area contributed by atoms with Gasteiger partial charge in [0.05, 0.1) is 18.0 Å². The van der Waals surface area contributed by atoms with Crippen LogP contribution in [0.3, 0.4) is 0 Å². The van der Waals surface area contributed by atoms with Gasteiger partial charge in [-0.3, -0.25) is 0 Å². The third kappa shape index (κ3) is 3.18. The number of H-pyrrole nitrogens is 1. The summed E-state index contributed by atoms with van der Waals surface area (Å²) in [4.78, 5) is 0.162. The maximum absolute atomic E-state index is 12.3. The number of aliphatic hydroxyl groups excluding tert-OH is 1. The van der Waals surface area contributed by atoms with Crippen molar-refractivity contribution in [3.05, 3.63) is 35.2 Å². The number of aromatic nitrogens is 4. The third-order valence-electron chi connectivity index (χ3n) is 2.79. The molecule has 1 aromatic heterocycles. The number of aliphatic hydroxyl groups is 1. The van der Waals surface area contributed by atoms with Crippen LogP contribution in [-0.2, 0) is 29.6 Å². The van der Waals surface area contributed by atoms with E-state index in [4.69, 9.17) is 5.11 Å². The van der Waals surface area contributed by atoms with Crippen molar-refractivity contribution in [2.45, 2.75) is 31.4 Å². The summed E-state index contributed by atoms with van der Waals surface area (Å²) >= 11 is 0. The van der Waals surface area contributed by atoms with Crippen LogP contribution in [0.2, 0.25) is 0 Å². The van der Waals surface area contributed by atoms with Crippen molar-refractivity contribution in [1.82, 2.24) is 25.3 Å². The fourth-order valence-electron chi connectivity index (χ4n) is 1.73. The summed E-state index contributed by atoms with van der Waals surface area (Å²) in [5.74, 6) is 0.255. The smallest absolute Gasteiger partial charge is 0.241 e. The maximum Gasteiger partial charge on any atom is 0.241 e. The van der Waals surface area contributed by atoms with E-state index in [0.717, 1.165) is 0 Å². The second kappa shape index (κ2) is 6.07. The van der Waals surface area contributed by atoms with Gasteiger partial charge < -0.3 is 5.11 Å². The molecule has 8 nitrogen and oxygen atoms in total. The molecule has 9 heteroatoms.